The molecule has 1 aliphatic rings. The summed E-state index contributed by atoms with van der Waals surface area (Å²) in [7, 11) is 0. The number of carboxylic acids is 1. The average molecular weight is 330 g/mol. The van der Waals surface area contributed by atoms with Gasteiger partial charge in [-0.25, -0.2) is 4.79 Å². The van der Waals surface area contributed by atoms with Gasteiger partial charge in [0.25, 0.3) is 0 Å². The largest absolute Gasteiger partial charge is 0.478 e. The molecule has 1 heterocycles. The lowest BCUT2D eigenvalue weighted by molar-refractivity contribution is -0.118. The van der Waals surface area contributed by atoms with Crippen LogP contribution in [0.3, 0.4) is 0 Å². The molecule has 0 radical (unpaired) electrons. The van der Waals surface area contributed by atoms with Crippen molar-refractivity contribution in [2.24, 2.45) is 0 Å². The van der Waals surface area contributed by atoms with E-state index in [2.05, 4.69) is 0 Å². The van der Waals surface area contributed by atoms with Crippen LogP contribution in [-0.4, -0.2) is 22.8 Å². The van der Waals surface area contributed by atoms with Crippen LogP contribution in [0.2, 0.25) is 5.02 Å². The van der Waals surface area contributed by atoms with Crippen LogP contribution in [0.4, 0.5) is 5.69 Å². The van der Waals surface area contributed by atoms with E-state index < -0.39 is 5.97 Å². The summed E-state index contributed by atoms with van der Waals surface area (Å²) < 4.78 is 0. The highest BCUT2D eigenvalue weighted by atomic mass is 35.5. The van der Waals surface area contributed by atoms with E-state index in [4.69, 9.17) is 16.7 Å². The number of benzene rings is 2. The molecule has 6 heteroatoms. The first-order valence-electron chi connectivity index (χ1n) is 6.91. The van der Waals surface area contributed by atoms with Crippen LogP contribution in [0, 0.1) is 0 Å². The molecule has 1 amide bonds. The van der Waals surface area contributed by atoms with Crippen molar-refractivity contribution in [1.29, 1.82) is 0 Å². The zero-order valence-corrected chi connectivity index (χ0v) is 12.7. The number of rotatable bonds is 3. The van der Waals surface area contributed by atoms with Crippen molar-refractivity contribution in [3.63, 3.8) is 0 Å². The number of amides is 1. The third-order valence-corrected chi connectivity index (χ3v) is 3.95. The van der Waals surface area contributed by atoms with Crippen molar-refractivity contribution in [1.82, 2.24) is 0 Å². The summed E-state index contributed by atoms with van der Waals surface area (Å²) >= 11 is 5.85. The summed E-state index contributed by atoms with van der Waals surface area (Å²) in [6, 6.07) is 11.3. The molecular formula is C17H12ClNO4. The third-order valence-electron chi connectivity index (χ3n) is 3.70. The fourth-order valence-corrected chi connectivity index (χ4v) is 2.66. The maximum Gasteiger partial charge on any atom is 0.335 e. The van der Waals surface area contributed by atoms with Crippen molar-refractivity contribution < 1.29 is 19.5 Å². The minimum atomic E-state index is -1.11. The number of aromatic carboxylic acids is 1. The first-order valence-corrected chi connectivity index (χ1v) is 7.29. The fourth-order valence-electron chi connectivity index (χ4n) is 2.54. The van der Waals surface area contributed by atoms with Crippen molar-refractivity contribution >= 4 is 34.9 Å². The number of Topliss-reactive ketones (excluding diaryl/α,β-unsaturated/α-hetero) is 1. The molecule has 3 rings (SSSR count). The van der Waals surface area contributed by atoms with Gasteiger partial charge in [-0.1, -0.05) is 23.7 Å². The molecule has 2 aromatic rings. The van der Waals surface area contributed by atoms with Crippen LogP contribution in [-0.2, 0) is 11.3 Å². The van der Waals surface area contributed by atoms with E-state index in [0.717, 1.165) is 5.56 Å². The van der Waals surface area contributed by atoms with E-state index in [9.17, 15) is 14.4 Å². The average Bonchev–Trinajstić information content (AvgIpc) is 2.52. The van der Waals surface area contributed by atoms with E-state index in [-0.39, 0.29) is 29.2 Å². The van der Waals surface area contributed by atoms with Crippen LogP contribution in [0.15, 0.2) is 42.5 Å². The Labute approximate surface area is 137 Å². The van der Waals surface area contributed by atoms with Crippen molar-refractivity contribution in [3.8, 4) is 0 Å². The Kier molecular flexibility index (Phi) is 3.88. The molecule has 0 aromatic heterocycles. The van der Waals surface area contributed by atoms with E-state index in [1.807, 2.05) is 0 Å². The Morgan fingerprint density at radius 2 is 1.83 bits per heavy atom. The van der Waals surface area contributed by atoms with Gasteiger partial charge in [0.15, 0.2) is 5.78 Å². The number of fused-ring (bicyclic) bond motifs is 1. The van der Waals surface area contributed by atoms with Crippen LogP contribution in [0.5, 0.6) is 0 Å². The molecule has 0 fully saturated rings. The number of anilines is 1. The zero-order valence-electron chi connectivity index (χ0n) is 12.0. The van der Waals surface area contributed by atoms with Gasteiger partial charge in [-0.3, -0.25) is 9.59 Å². The Hall–Kier alpha value is -2.66. The number of carbonyl (C=O) groups excluding carboxylic acids is 2. The molecule has 0 saturated carbocycles. The minimum absolute atomic E-state index is 0.0258. The first kappa shape index (κ1) is 15.2. The van der Waals surface area contributed by atoms with Gasteiger partial charge in [-0.2, -0.15) is 0 Å². The molecule has 0 saturated heterocycles. The normalized spacial score (nSPS) is 13.9. The number of nitrogens with zero attached hydrogens (tertiary/aromatic N) is 1. The van der Waals surface area contributed by atoms with Crippen molar-refractivity contribution in [2.45, 2.75) is 13.0 Å². The van der Waals surface area contributed by atoms with Crippen molar-refractivity contribution in [3.05, 3.63) is 64.2 Å². The quantitative estimate of drug-likeness (QED) is 0.878. The standard InChI is InChI=1S/C17H12ClNO4/c18-12-4-1-10(2-5-12)9-19-14-6-3-11(17(22)23)7-13(14)15(20)8-16(19)21/h1-7H,8-9H2,(H,22,23). The maximum absolute atomic E-state index is 12.2. The lowest BCUT2D eigenvalue weighted by Crippen LogP contribution is -2.37. The first-order chi connectivity index (χ1) is 11.0. The lowest BCUT2D eigenvalue weighted by Gasteiger charge is -2.29. The summed E-state index contributed by atoms with van der Waals surface area (Å²) in [6.07, 6.45) is -0.260. The molecule has 2 aromatic carbocycles. The number of hydrogen-bond acceptors (Lipinski definition) is 3. The monoisotopic (exact) mass is 329 g/mol. The van der Waals surface area contributed by atoms with Crippen molar-refractivity contribution in [2.75, 3.05) is 4.90 Å². The van der Waals surface area contributed by atoms with Crippen LogP contribution in [0.1, 0.15) is 32.7 Å². The molecule has 0 aliphatic carbocycles. The summed E-state index contributed by atoms with van der Waals surface area (Å²) in [4.78, 5) is 36.8. The summed E-state index contributed by atoms with van der Waals surface area (Å²) in [5, 5.41) is 9.64. The topological polar surface area (TPSA) is 74.7 Å². The SMILES string of the molecule is O=C(O)c1ccc2c(c1)C(=O)CC(=O)N2Cc1ccc(Cl)cc1. The summed E-state index contributed by atoms with van der Waals surface area (Å²) in [6.45, 7) is 0.294. The van der Waals surface area contributed by atoms with Gasteiger partial charge in [0, 0.05) is 10.6 Å². The van der Waals surface area contributed by atoms with E-state index in [1.54, 1.807) is 24.3 Å². The number of carbonyl (C=O) groups is 3. The predicted molar refractivity (Wildman–Crippen MR) is 85.0 cm³/mol. The molecule has 23 heavy (non-hydrogen) atoms. The summed E-state index contributed by atoms with van der Waals surface area (Å²) in [5.41, 5.74) is 1.59. The van der Waals surface area contributed by atoms with Crippen LogP contribution >= 0.6 is 11.6 Å². The van der Waals surface area contributed by atoms with Crippen LogP contribution in [0.25, 0.3) is 0 Å². The second-order valence-electron chi connectivity index (χ2n) is 5.24. The minimum Gasteiger partial charge on any atom is -0.478 e. The molecule has 0 bridgehead atoms. The van der Waals surface area contributed by atoms with E-state index in [0.29, 0.717) is 17.3 Å². The third kappa shape index (κ3) is 2.96. The Morgan fingerprint density at radius 3 is 2.48 bits per heavy atom. The summed E-state index contributed by atoms with van der Waals surface area (Å²) in [5.74, 6) is -1.78. The van der Waals surface area contributed by atoms with Gasteiger partial charge >= 0.3 is 5.97 Å². The maximum atomic E-state index is 12.2. The molecular weight excluding hydrogens is 318 g/mol. The zero-order chi connectivity index (χ0) is 16.6. The van der Waals surface area contributed by atoms with Gasteiger partial charge in [0.1, 0.15) is 0 Å². The fraction of sp³-hybridized carbons (Fsp3) is 0.118. The Balaban J connectivity index is 2.00. The van der Waals surface area contributed by atoms with Gasteiger partial charge in [0.2, 0.25) is 5.91 Å². The highest BCUT2D eigenvalue weighted by Gasteiger charge is 2.30. The highest BCUT2D eigenvalue weighted by Crippen LogP contribution is 2.30. The Morgan fingerprint density at radius 1 is 1.13 bits per heavy atom. The van der Waals surface area contributed by atoms with Gasteiger partial charge in [-0.05, 0) is 35.9 Å². The number of hydrogen-bond donors (Lipinski definition) is 1. The second kappa shape index (κ2) is 5.85. The predicted octanol–water partition coefficient (Wildman–Crippen LogP) is 3.16. The molecule has 0 unspecified atom stereocenters. The molecule has 0 spiro atoms. The van der Waals surface area contributed by atoms with E-state index >= 15 is 0 Å². The Bertz CT molecular complexity index is 814. The smallest absolute Gasteiger partial charge is 0.335 e. The highest BCUT2D eigenvalue weighted by molar-refractivity contribution is 6.30. The molecule has 5 nitrogen and oxygen atoms in total. The van der Waals surface area contributed by atoms with Gasteiger partial charge < -0.3 is 10.0 Å². The second-order valence-corrected chi connectivity index (χ2v) is 5.68. The number of ketones is 1. The van der Waals surface area contributed by atoms with Gasteiger partial charge in [-0.15, -0.1) is 0 Å². The van der Waals surface area contributed by atoms with Crippen LogP contribution < -0.4 is 4.90 Å². The number of carboxylic acid groups (broad SMARTS) is 1. The number of halogens is 1. The molecule has 116 valence electrons. The molecule has 0 atom stereocenters. The van der Waals surface area contributed by atoms with E-state index in [1.165, 1.54) is 23.1 Å². The van der Waals surface area contributed by atoms with Gasteiger partial charge in [0.05, 0.1) is 24.2 Å². The molecule has 1 N–H and O–H groups in total. The molecule has 1 aliphatic heterocycles. The lowest BCUT2D eigenvalue weighted by atomic mass is 9.97.